The minimum atomic E-state index is -0.399. The Balaban J connectivity index is 1.85. The van der Waals surface area contributed by atoms with Crippen LogP contribution in [0.5, 0.6) is 0 Å². The molecule has 126 valence electrons. The van der Waals surface area contributed by atoms with Crippen molar-refractivity contribution in [2.45, 2.75) is 25.8 Å². The van der Waals surface area contributed by atoms with Gasteiger partial charge in [-0.15, -0.1) is 0 Å². The van der Waals surface area contributed by atoms with Crippen molar-refractivity contribution >= 4 is 5.69 Å². The molecule has 0 radical (unpaired) electrons. The molecule has 1 aromatic carbocycles. The number of halogens is 1. The molecule has 6 heteroatoms. The summed E-state index contributed by atoms with van der Waals surface area (Å²) in [5.41, 5.74) is 1.86. The molecule has 1 N–H and O–H groups in total. The van der Waals surface area contributed by atoms with Crippen molar-refractivity contribution in [3.05, 3.63) is 47.5 Å². The fourth-order valence-electron chi connectivity index (χ4n) is 3.29. The van der Waals surface area contributed by atoms with Crippen LogP contribution in [0, 0.1) is 23.1 Å². The molecule has 0 amide bonds. The Kier molecular flexibility index (Phi) is 4.54. The van der Waals surface area contributed by atoms with E-state index >= 15 is 0 Å². The van der Waals surface area contributed by atoms with Gasteiger partial charge in [0.25, 0.3) is 0 Å². The number of nitrogens with zero attached hydrogens (tertiary/aromatic N) is 4. The topological polar surface area (TPSA) is 65.1 Å². The fourth-order valence-corrected chi connectivity index (χ4v) is 3.29. The van der Waals surface area contributed by atoms with Crippen LogP contribution in [-0.4, -0.2) is 34.6 Å². The lowest BCUT2D eigenvalue weighted by Crippen LogP contribution is -2.21. The van der Waals surface area contributed by atoms with Crippen molar-refractivity contribution in [3.8, 4) is 6.07 Å². The molecule has 2 aromatic rings. The average molecular weight is 328 g/mol. The Bertz CT molecular complexity index is 765. The van der Waals surface area contributed by atoms with Gasteiger partial charge in [0.2, 0.25) is 0 Å². The Morgan fingerprint density at radius 2 is 2.21 bits per heavy atom. The van der Waals surface area contributed by atoms with Gasteiger partial charge in [-0.05, 0) is 37.6 Å². The summed E-state index contributed by atoms with van der Waals surface area (Å²) in [6.07, 6.45) is 3.85. The maximum absolute atomic E-state index is 14.3. The molecule has 0 unspecified atom stereocenters. The standard InChI is InChI=1S/C18H21FN4O/c1-12(2)23-9-14(7-21-23)16-10-22(8-15(16)11-24)18-4-3-13(6-20)5-17(18)19/h3-5,7,9,12,15-16,24H,8,10-11H2,1-2H3/t15-,16-/m0/s1. The van der Waals surface area contributed by atoms with Crippen LogP contribution in [0.4, 0.5) is 10.1 Å². The lowest BCUT2D eigenvalue weighted by atomic mass is 9.92. The predicted octanol–water partition coefficient (Wildman–Crippen LogP) is 2.69. The number of benzene rings is 1. The number of rotatable bonds is 4. The van der Waals surface area contributed by atoms with Crippen molar-refractivity contribution in [3.63, 3.8) is 0 Å². The maximum atomic E-state index is 14.3. The van der Waals surface area contributed by atoms with E-state index in [-0.39, 0.29) is 24.5 Å². The van der Waals surface area contributed by atoms with Crippen molar-refractivity contribution < 1.29 is 9.50 Å². The normalized spacial score (nSPS) is 20.6. The van der Waals surface area contributed by atoms with E-state index in [0.29, 0.717) is 24.3 Å². The number of hydrogen-bond acceptors (Lipinski definition) is 4. The van der Waals surface area contributed by atoms with Crippen molar-refractivity contribution in [2.24, 2.45) is 5.92 Å². The Morgan fingerprint density at radius 3 is 2.79 bits per heavy atom. The number of nitriles is 1. The van der Waals surface area contributed by atoms with Gasteiger partial charge < -0.3 is 10.0 Å². The first kappa shape index (κ1) is 16.5. The minimum Gasteiger partial charge on any atom is -0.396 e. The molecule has 3 rings (SSSR count). The van der Waals surface area contributed by atoms with E-state index in [0.717, 1.165) is 5.56 Å². The first-order chi connectivity index (χ1) is 11.5. The van der Waals surface area contributed by atoms with Gasteiger partial charge in [-0.25, -0.2) is 4.39 Å². The molecule has 0 saturated carbocycles. The van der Waals surface area contributed by atoms with Crippen LogP contribution in [0.2, 0.25) is 0 Å². The Morgan fingerprint density at radius 1 is 1.42 bits per heavy atom. The lowest BCUT2D eigenvalue weighted by molar-refractivity contribution is 0.227. The van der Waals surface area contributed by atoms with Gasteiger partial charge in [-0.3, -0.25) is 4.68 Å². The zero-order chi connectivity index (χ0) is 17.3. The van der Waals surface area contributed by atoms with Crippen LogP contribution in [0.25, 0.3) is 0 Å². The number of aliphatic hydroxyl groups excluding tert-OH is 1. The second-order valence-corrected chi connectivity index (χ2v) is 6.58. The molecule has 0 bridgehead atoms. The van der Waals surface area contributed by atoms with Crippen LogP contribution in [0.1, 0.15) is 36.9 Å². The molecule has 1 aliphatic heterocycles. The molecule has 1 fully saturated rings. The van der Waals surface area contributed by atoms with Gasteiger partial charge in [0.15, 0.2) is 0 Å². The number of anilines is 1. The van der Waals surface area contributed by atoms with Gasteiger partial charge in [0.05, 0.1) is 23.5 Å². The highest BCUT2D eigenvalue weighted by Gasteiger charge is 2.35. The number of hydrogen-bond donors (Lipinski definition) is 1. The van der Waals surface area contributed by atoms with Gasteiger partial charge in [-0.1, -0.05) is 0 Å². The van der Waals surface area contributed by atoms with Gasteiger partial charge in [-0.2, -0.15) is 10.4 Å². The summed E-state index contributed by atoms with van der Waals surface area (Å²) < 4.78 is 16.2. The van der Waals surface area contributed by atoms with Crippen molar-refractivity contribution in [2.75, 3.05) is 24.6 Å². The summed E-state index contributed by atoms with van der Waals surface area (Å²) in [6, 6.07) is 6.74. The van der Waals surface area contributed by atoms with Crippen LogP contribution in [-0.2, 0) is 0 Å². The van der Waals surface area contributed by atoms with E-state index in [9.17, 15) is 9.50 Å². The van der Waals surface area contributed by atoms with Gasteiger partial charge >= 0.3 is 0 Å². The Labute approximate surface area is 140 Å². The third-order valence-electron chi connectivity index (χ3n) is 4.67. The second kappa shape index (κ2) is 6.62. The highest BCUT2D eigenvalue weighted by Crippen LogP contribution is 2.36. The molecular formula is C18H21FN4O. The van der Waals surface area contributed by atoms with E-state index in [1.54, 1.807) is 12.1 Å². The van der Waals surface area contributed by atoms with Crippen LogP contribution >= 0.6 is 0 Å². The zero-order valence-corrected chi connectivity index (χ0v) is 13.9. The van der Waals surface area contributed by atoms with Crippen LogP contribution < -0.4 is 4.90 Å². The summed E-state index contributed by atoms with van der Waals surface area (Å²) in [5, 5.41) is 23.0. The van der Waals surface area contributed by atoms with Gasteiger partial charge in [0, 0.05) is 43.8 Å². The molecule has 1 aromatic heterocycles. The SMILES string of the molecule is CC(C)n1cc([C@@H]2CN(c3ccc(C#N)cc3F)C[C@H]2CO)cn1. The molecule has 0 spiro atoms. The largest absolute Gasteiger partial charge is 0.396 e. The van der Waals surface area contributed by atoms with Crippen LogP contribution in [0.3, 0.4) is 0 Å². The minimum absolute atomic E-state index is 0.0323. The second-order valence-electron chi connectivity index (χ2n) is 6.58. The monoisotopic (exact) mass is 328 g/mol. The summed E-state index contributed by atoms with van der Waals surface area (Å²) >= 11 is 0. The number of aromatic nitrogens is 2. The summed E-state index contributed by atoms with van der Waals surface area (Å²) in [5.74, 6) is -0.258. The summed E-state index contributed by atoms with van der Waals surface area (Å²) in [7, 11) is 0. The predicted molar refractivity (Wildman–Crippen MR) is 89.3 cm³/mol. The fraction of sp³-hybridized carbons (Fsp3) is 0.444. The van der Waals surface area contributed by atoms with E-state index in [1.165, 1.54) is 6.07 Å². The molecule has 2 heterocycles. The third-order valence-corrected chi connectivity index (χ3v) is 4.67. The summed E-state index contributed by atoms with van der Waals surface area (Å²) in [4.78, 5) is 1.94. The molecule has 5 nitrogen and oxygen atoms in total. The first-order valence-electron chi connectivity index (χ1n) is 8.13. The molecule has 0 aliphatic carbocycles. The molecule has 1 aliphatic rings. The van der Waals surface area contributed by atoms with Crippen molar-refractivity contribution in [1.82, 2.24) is 9.78 Å². The highest BCUT2D eigenvalue weighted by molar-refractivity contribution is 5.53. The van der Waals surface area contributed by atoms with Gasteiger partial charge in [0.1, 0.15) is 5.82 Å². The van der Waals surface area contributed by atoms with E-state index in [2.05, 4.69) is 18.9 Å². The lowest BCUT2D eigenvalue weighted by Gasteiger charge is -2.19. The smallest absolute Gasteiger partial charge is 0.147 e. The summed E-state index contributed by atoms with van der Waals surface area (Å²) in [6.45, 7) is 5.38. The molecular weight excluding hydrogens is 307 g/mol. The van der Waals surface area contributed by atoms with Crippen LogP contribution in [0.15, 0.2) is 30.6 Å². The Hall–Kier alpha value is -2.39. The third kappa shape index (κ3) is 3.00. The zero-order valence-electron chi connectivity index (χ0n) is 13.9. The van der Waals surface area contributed by atoms with Crippen molar-refractivity contribution in [1.29, 1.82) is 5.26 Å². The quantitative estimate of drug-likeness (QED) is 0.937. The molecule has 24 heavy (non-hydrogen) atoms. The highest BCUT2D eigenvalue weighted by atomic mass is 19.1. The maximum Gasteiger partial charge on any atom is 0.147 e. The number of aliphatic hydroxyl groups is 1. The van der Waals surface area contributed by atoms with E-state index in [1.807, 2.05) is 28.0 Å². The van der Waals surface area contributed by atoms with E-state index < -0.39 is 5.82 Å². The first-order valence-corrected chi connectivity index (χ1v) is 8.13. The van der Waals surface area contributed by atoms with E-state index in [4.69, 9.17) is 5.26 Å². The molecule has 2 atom stereocenters. The average Bonchev–Trinajstić information content (AvgIpc) is 3.21. The molecule has 1 saturated heterocycles.